The van der Waals surface area contributed by atoms with Crippen LogP contribution in [0.1, 0.15) is 22.8 Å². The summed E-state index contributed by atoms with van der Waals surface area (Å²) < 4.78 is 4.83. The minimum absolute atomic E-state index is 0.0551. The third-order valence-electron chi connectivity index (χ3n) is 3.73. The zero-order valence-electron chi connectivity index (χ0n) is 14.0. The van der Waals surface area contributed by atoms with Gasteiger partial charge in [0.1, 0.15) is 6.26 Å². The van der Waals surface area contributed by atoms with Gasteiger partial charge in [-0.15, -0.1) is 0 Å². The summed E-state index contributed by atoms with van der Waals surface area (Å²) in [6.07, 6.45) is 2.76. The lowest BCUT2D eigenvalue weighted by molar-refractivity contribution is -0.120. The second kappa shape index (κ2) is 8.76. The Labute approximate surface area is 141 Å². The summed E-state index contributed by atoms with van der Waals surface area (Å²) in [6.45, 7) is 6.19. The lowest BCUT2D eigenvalue weighted by atomic mass is 10.2. The van der Waals surface area contributed by atoms with Gasteiger partial charge >= 0.3 is 0 Å². The summed E-state index contributed by atoms with van der Waals surface area (Å²) in [5.74, 6) is -0.540. The van der Waals surface area contributed by atoms with E-state index in [0.29, 0.717) is 18.7 Å². The summed E-state index contributed by atoms with van der Waals surface area (Å²) in [5, 5.41) is 5.37. The molecule has 0 aliphatic rings. The number of anilines is 1. The van der Waals surface area contributed by atoms with E-state index in [1.165, 1.54) is 23.8 Å². The molecule has 1 heterocycles. The molecule has 0 fully saturated rings. The third kappa shape index (κ3) is 4.87. The first-order valence-corrected chi connectivity index (χ1v) is 7.99. The van der Waals surface area contributed by atoms with Crippen LogP contribution in [0, 0.1) is 6.92 Å². The zero-order chi connectivity index (χ0) is 17.4. The van der Waals surface area contributed by atoms with Crippen LogP contribution in [-0.4, -0.2) is 38.0 Å². The molecule has 0 radical (unpaired) electrons. The second-order valence-corrected chi connectivity index (χ2v) is 5.41. The van der Waals surface area contributed by atoms with Gasteiger partial charge in [-0.2, -0.15) is 0 Å². The van der Waals surface area contributed by atoms with E-state index in [1.54, 1.807) is 6.07 Å². The van der Waals surface area contributed by atoms with Gasteiger partial charge in [-0.1, -0.05) is 18.2 Å². The van der Waals surface area contributed by atoms with Gasteiger partial charge in [0.2, 0.25) is 5.91 Å². The van der Waals surface area contributed by atoms with Crippen molar-refractivity contribution >= 4 is 17.5 Å². The molecule has 2 aromatic rings. The average molecular weight is 329 g/mol. The molecule has 0 unspecified atom stereocenters. The molecular formula is C18H23N3O3. The van der Waals surface area contributed by atoms with E-state index in [4.69, 9.17) is 4.42 Å². The Morgan fingerprint density at radius 3 is 2.62 bits per heavy atom. The Kier molecular flexibility index (Phi) is 6.42. The molecule has 2 rings (SSSR count). The third-order valence-corrected chi connectivity index (χ3v) is 3.73. The molecule has 128 valence electrons. The van der Waals surface area contributed by atoms with Gasteiger partial charge in [-0.05, 0) is 31.5 Å². The maximum Gasteiger partial charge on any atom is 0.254 e. The van der Waals surface area contributed by atoms with Crippen LogP contribution >= 0.6 is 0 Å². The quantitative estimate of drug-likeness (QED) is 0.776. The minimum atomic E-state index is -0.325. The fourth-order valence-corrected chi connectivity index (χ4v) is 2.42. The summed E-state index contributed by atoms with van der Waals surface area (Å²) in [7, 11) is 0. The van der Waals surface area contributed by atoms with Gasteiger partial charge < -0.3 is 20.0 Å². The van der Waals surface area contributed by atoms with Gasteiger partial charge in [0.25, 0.3) is 5.91 Å². The highest BCUT2D eigenvalue weighted by Crippen LogP contribution is 2.18. The van der Waals surface area contributed by atoms with Gasteiger partial charge in [-0.25, -0.2) is 0 Å². The maximum absolute atomic E-state index is 11.8. The summed E-state index contributed by atoms with van der Waals surface area (Å²) in [6, 6.07) is 9.72. The molecule has 24 heavy (non-hydrogen) atoms. The number of carbonyl (C=O) groups is 2. The predicted octanol–water partition coefficient (Wildman–Crippen LogP) is 1.96. The standard InChI is InChI=1S/C18H23N3O3/c1-3-21(16-7-5-4-6-14(16)2)10-9-19-17(22)12-20-18(23)15-8-11-24-13-15/h4-8,11,13H,3,9-10,12H2,1-2H3,(H,19,22)(H,20,23). The Morgan fingerprint density at radius 2 is 1.96 bits per heavy atom. The molecule has 0 saturated carbocycles. The normalized spacial score (nSPS) is 10.2. The number of likely N-dealkylation sites (N-methyl/N-ethyl adjacent to an activating group) is 1. The van der Waals surface area contributed by atoms with Crippen molar-refractivity contribution < 1.29 is 14.0 Å². The van der Waals surface area contributed by atoms with Crippen LogP contribution in [0.25, 0.3) is 0 Å². The molecule has 0 aliphatic heterocycles. The van der Waals surface area contributed by atoms with E-state index in [1.807, 2.05) is 12.1 Å². The van der Waals surface area contributed by atoms with E-state index >= 15 is 0 Å². The molecule has 0 atom stereocenters. The first-order valence-electron chi connectivity index (χ1n) is 7.99. The van der Waals surface area contributed by atoms with Crippen molar-refractivity contribution in [2.24, 2.45) is 0 Å². The van der Waals surface area contributed by atoms with Gasteiger partial charge in [0, 0.05) is 25.3 Å². The zero-order valence-corrected chi connectivity index (χ0v) is 14.0. The fraction of sp³-hybridized carbons (Fsp3) is 0.333. The van der Waals surface area contributed by atoms with Crippen molar-refractivity contribution in [2.75, 3.05) is 31.1 Å². The molecule has 0 saturated heterocycles. The number of amides is 2. The van der Waals surface area contributed by atoms with Crippen LogP contribution in [0.15, 0.2) is 47.3 Å². The Bertz CT molecular complexity index is 668. The molecular weight excluding hydrogens is 306 g/mol. The fourth-order valence-electron chi connectivity index (χ4n) is 2.42. The van der Waals surface area contributed by atoms with Gasteiger partial charge in [0.05, 0.1) is 18.4 Å². The number of nitrogens with zero attached hydrogens (tertiary/aromatic N) is 1. The molecule has 2 amide bonds. The lowest BCUT2D eigenvalue weighted by Crippen LogP contribution is -2.40. The first-order chi connectivity index (χ1) is 11.6. The van der Waals surface area contributed by atoms with Crippen molar-refractivity contribution in [3.8, 4) is 0 Å². The number of carbonyl (C=O) groups excluding carboxylic acids is 2. The van der Waals surface area contributed by atoms with Crippen LogP contribution < -0.4 is 15.5 Å². The Balaban J connectivity index is 1.73. The largest absolute Gasteiger partial charge is 0.472 e. The number of para-hydroxylation sites is 1. The van der Waals surface area contributed by atoms with E-state index in [-0.39, 0.29) is 18.4 Å². The number of benzene rings is 1. The van der Waals surface area contributed by atoms with Crippen LogP contribution in [-0.2, 0) is 4.79 Å². The van der Waals surface area contributed by atoms with E-state index in [0.717, 1.165) is 6.54 Å². The summed E-state index contributed by atoms with van der Waals surface area (Å²) in [4.78, 5) is 25.7. The number of aryl methyl sites for hydroxylation is 1. The van der Waals surface area contributed by atoms with E-state index in [9.17, 15) is 9.59 Å². The number of hydrogen-bond donors (Lipinski definition) is 2. The monoisotopic (exact) mass is 329 g/mol. The average Bonchev–Trinajstić information content (AvgIpc) is 3.12. The lowest BCUT2D eigenvalue weighted by Gasteiger charge is -2.25. The summed E-state index contributed by atoms with van der Waals surface area (Å²) >= 11 is 0. The number of nitrogens with one attached hydrogen (secondary N) is 2. The number of hydrogen-bond acceptors (Lipinski definition) is 4. The SMILES string of the molecule is CCN(CCNC(=O)CNC(=O)c1ccoc1)c1ccccc1C. The van der Waals surface area contributed by atoms with Crippen LogP contribution in [0.5, 0.6) is 0 Å². The maximum atomic E-state index is 11.8. The van der Waals surface area contributed by atoms with Crippen molar-refractivity contribution in [1.82, 2.24) is 10.6 Å². The molecule has 0 bridgehead atoms. The molecule has 0 aliphatic carbocycles. The highest BCUT2D eigenvalue weighted by molar-refractivity contribution is 5.96. The molecule has 6 heteroatoms. The highest BCUT2D eigenvalue weighted by Gasteiger charge is 2.10. The number of furan rings is 1. The first kappa shape index (κ1) is 17.6. The molecule has 2 N–H and O–H groups in total. The molecule has 1 aromatic carbocycles. The van der Waals surface area contributed by atoms with Crippen molar-refractivity contribution in [3.63, 3.8) is 0 Å². The smallest absolute Gasteiger partial charge is 0.254 e. The van der Waals surface area contributed by atoms with Gasteiger partial charge in [0.15, 0.2) is 0 Å². The van der Waals surface area contributed by atoms with E-state index in [2.05, 4.69) is 41.5 Å². The molecule has 0 spiro atoms. The second-order valence-electron chi connectivity index (χ2n) is 5.41. The topological polar surface area (TPSA) is 74.6 Å². The number of rotatable bonds is 8. The van der Waals surface area contributed by atoms with Crippen molar-refractivity contribution in [2.45, 2.75) is 13.8 Å². The van der Waals surface area contributed by atoms with Gasteiger partial charge in [-0.3, -0.25) is 9.59 Å². The van der Waals surface area contributed by atoms with Crippen LogP contribution in [0.3, 0.4) is 0 Å². The minimum Gasteiger partial charge on any atom is -0.472 e. The van der Waals surface area contributed by atoms with Crippen LogP contribution in [0.2, 0.25) is 0 Å². The van der Waals surface area contributed by atoms with E-state index < -0.39 is 0 Å². The predicted molar refractivity (Wildman–Crippen MR) is 93.1 cm³/mol. The highest BCUT2D eigenvalue weighted by atomic mass is 16.3. The van der Waals surface area contributed by atoms with Crippen LogP contribution in [0.4, 0.5) is 5.69 Å². The van der Waals surface area contributed by atoms with Crippen molar-refractivity contribution in [3.05, 3.63) is 54.0 Å². The Hall–Kier alpha value is -2.76. The molecule has 1 aromatic heterocycles. The van der Waals surface area contributed by atoms with Crippen molar-refractivity contribution in [1.29, 1.82) is 0 Å². The molecule has 6 nitrogen and oxygen atoms in total. The Morgan fingerprint density at radius 1 is 1.17 bits per heavy atom. The summed E-state index contributed by atoms with van der Waals surface area (Å²) in [5.41, 5.74) is 2.78.